The van der Waals surface area contributed by atoms with Crippen LogP contribution in [-0.4, -0.2) is 51.7 Å². The second-order valence-electron chi connectivity index (χ2n) is 6.91. The van der Waals surface area contributed by atoms with Crippen LogP contribution >= 0.6 is 11.3 Å². The molecule has 0 spiro atoms. The van der Waals surface area contributed by atoms with Crippen molar-refractivity contribution in [1.82, 2.24) is 19.6 Å². The van der Waals surface area contributed by atoms with Crippen molar-refractivity contribution in [2.45, 2.75) is 6.54 Å². The first-order valence-corrected chi connectivity index (χ1v) is 9.96. The zero-order chi connectivity index (χ0) is 19.7. The average Bonchev–Trinajstić information content (AvgIpc) is 3.29. The predicted molar refractivity (Wildman–Crippen MR) is 109 cm³/mol. The number of amides is 1. The summed E-state index contributed by atoms with van der Waals surface area (Å²) in [5.41, 5.74) is 7.29. The van der Waals surface area contributed by atoms with Gasteiger partial charge in [-0.2, -0.15) is 5.10 Å². The normalized spacial score (nSPS) is 15.1. The number of anilines is 1. The van der Waals surface area contributed by atoms with E-state index in [0.717, 1.165) is 30.1 Å². The molecule has 0 bridgehead atoms. The van der Waals surface area contributed by atoms with Crippen molar-refractivity contribution in [2.24, 2.45) is 7.05 Å². The zero-order valence-corrected chi connectivity index (χ0v) is 16.5. The topological polar surface area (TPSA) is 67.4 Å². The van der Waals surface area contributed by atoms with Crippen molar-refractivity contribution in [1.29, 1.82) is 0 Å². The standard InChI is InChI=1S/C20H22FN5OS/c1-24-19(22)17(12-23-24)20(27)26-9-7-25(8-10-26)13-16-5-6-18(28-16)14-3-2-4-15(21)11-14/h2-6,11-12H,7-10,13,22H2,1H3. The highest BCUT2D eigenvalue weighted by Crippen LogP contribution is 2.29. The van der Waals surface area contributed by atoms with E-state index in [1.54, 1.807) is 30.5 Å². The molecule has 6 nitrogen and oxygen atoms in total. The largest absolute Gasteiger partial charge is 0.383 e. The number of benzene rings is 1. The van der Waals surface area contributed by atoms with E-state index in [1.807, 2.05) is 17.0 Å². The first-order chi connectivity index (χ1) is 13.5. The summed E-state index contributed by atoms with van der Waals surface area (Å²) >= 11 is 1.68. The minimum Gasteiger partial charge on any atom is -0.383 e. The Bertz CT molecular complexity index is 990. The number of halogens is 1. The predicted octanol–water partition coefficient (Wildman–Crippen LogP) is 2.83. The molecule has 146 valence electrons. The van der Waals surface area contributed by atoms with Gasteiger partial charge in [-0.25, -0.2) is 4.39 Å². The van der Waals surface area contributed by atoms with Crippen LogP contribution in [0.25, 0.3) is 10.4 Å². The molecule has 0 unspecified atom stereocenters. The van der Waals surface area contributed by atoms with Gasteiger partial charge in [0, 0.05) is 49.5 Å². The zero-order valence-electron chi connectivity index (χ0n) is 15.6. The highest BCUT2D eigenvalue weighted by atomic mass is 32.1. The van der Waals surface area contributed by atoms with Crippen LogP contribution in [0, 0.1) is 5.82 Å². The first kappa shape index (κ1) is 18.6. The minimum atomic E-state index is -0.220. The highest BCUT2D eigenvalue weighted by Gasteiger charge is 2.25. The van der Waals surface area contributed by atoms with Gasteiger partial charge in [0.25, 0.3) is 5.91 Å². The molecule has 0 atom stereocenters. The van der Waals surface area contributed by atoms with Crippen LogP contribution in [-0.2, 0) is 13.6 Å². The van der Waals surface area contributed by atoms with E-state index >= 15 is 0 Å². The van der Waals surface area contributed by atoms with Gasteiger partial charge in [0.1, 0.15) is 17.2 Å². The number of nitrogens with zero attached hydrogens (tertiary/aromatic N) is 4. The maximum atomic E-state index is 13.4. The molecule has 0 aliphatic carbocycles. The fourth-order valence-corrected chi connectivity index (χ4v) is 4.42. The van der Waals surface area contributed by atoms with Gasteiger partial charge in [0.05, 0.1) is 6.20 Å². The summed E-state index contributed by atoms with van der Waals surface area (Å²) < 4.78 is 14.9. The highest BCUT2D eigenvalue weighted by molar-refractivity contribution is 7.15. The lowest BCUT2D eigenvalue weighted by Crippen LogP contribution is -2.48. The summed E-state index contributed by atoms with van der Waals surface area (Å²) in [4.78, 5) is 19.1. The second-order valence-corrected chi connectivity index (χ2v) is 8.08. The van der Waals surface area contributed by atoms with Gasteiger partial charge in [-0.3, -0.25) is 14.4 Å². The monoisotopic (exact) mass is 399 g/mol. The fourth-order valence-electron chi connectivity index (χ4n) is 3.37. The molecular formula is C20H22FN5OS. The van der Waals surface area contributed by atoms with Crippen LogP contribution < -0.4 is 5.73 Å². The van der Waals surface area contributed by atoms with Crippen molar-refractivity contribution in [3.63, 3.8) is 0 Å². The van der Waals surface area contributed by atoms with E-state index in [0.29, 0.717) is 24.5 Å². The molecule has 0 radical (unpaired) electrons. The van der Waals surface area contributed by atoms with Crippen molar-refractivity contribution in [2.75, 3.05) is 31.9 Å². The number of hydrogen-bond donors (Lipinski definition) is 1. The Morgan fingerprint density at radius 1 is 1.21 bits per heavy atom. The number of nitrogen functional groups attached to an aromatic ring is 1. The number of piperazine rings is 1. The summed E-state index contributed by atoms with van der Waals surface area (Å²) in [6.45, 7) is 3.76. The smallest absolute Gasteiger partial charge is 0.259 e. The lowest BCUT2D eigenvalue weighted by molar-refractivity contribution is 0.0630. The number of aryl methyl sites for hydroxylation is 1. The Balaban J connectivity index is 1.35. The fraction of sp³-hybridized carbons (Fsp3) is 0.300. The lowest BCUT2D eigenvalue weighted by atomic mass is 10.2. The van der Waals surface area contributed by atoms with Gasteiger partial charge in [0.15, 0.2) is 0 Å². The summed E-state index contributed by atoms with van der Waals surface area (Å²) in [6.07, 6.45) is 1.53. The second kappa shape index (κ2) is 7.73. The summed E-state index contributed by atoms with van der Waals surface area (Å²) in [5.74, 6) is 0.119. The molecule has 3 aromatic rings. The molecule has 28 heavy (non-hydrogen) atoms. The number of hydrogen-bond acceptors (Lipinski definition) is 5. The van der Waals surface area contributed by atoms with E-state index in [1.165, 1.54) is 21.8 Å². The van der Waals surface area contributed by atoms with Gasteiger partial charge >= 0.3 is 0 Å². The lowest BCUT2D eigenvalue weighted by Gasteiger charge is -2.34. The number of carbonyl (C=O) groups excluding carboxylic acids is 1. The molecule has 4 rings (SSSR count). The Kier molecular flexibility index (Phi) is 5.15. The summed E-state index contributed by atoms with van der Waals surface area (Å²) in [5, 5.41) is 4.05. The number of thiophene rings is 1. The van der Waals surface area contributed by atoms with Crippen LogP contribution in [0.4, 0.5) is 10.2 Å². The molecule has 0 saturated carbocycles. The van der Waals surface area contributed by atoms with Gasteiger partial charge in [-0.1, -0.05) is 12.1 Å². The molecular weight excluding hydrogens is 377 g/mol. The van der Waals surface area contributed by atoms with E-state index in [2.05, 4.69) is 16.1 Å². The molecule has 1 aliphatic rings. The van der Waals surface area contributed by atoms with Gasteiger partial charge < -0.3 is 10.6 Å². The number of nitrogens with two attached hydrogens (primary N) is 1. The molecule has 2 N–H and O–H groups in total. The van der Waals surface area contributed by atoms with Crippen LogP contribution in [0.5, 0.6) is 0 Å². The summed E-state index contributed by atoms with van der Waals surface area (Å²) in [7, 11) is 1.73. The SMILES string of the molecule is Cn1ncc(C(=O)N2CCN(Cc3ccc(-c4cccc(F)c4)s3)CC2)c1N. The molecule has 8 heteroatoms. The number of rotatable bonds is 4. The van der Waals surface area contributed by atoms with Gasteiger partial charge in [0.2, 0.25) is 0 Å². The van der Waals surface area contributed by atoms with Crippen molar-refractivity contribution in [3.05, 3.63) is 58.9 Å². The molecule has 1 aliphatic heterocycles. The van der Waals surface area contributed by atoms with E-state index < -0.39 is 0 Å². The van der Waals surface area contributed by atoms with E-state index in [-0.39, 0.29) is 11.7 Å². The Labute approximate surface area is 167 Å². The number of aromatic nitrogens is 2. The maximum Gasteiger partial charge on any atom is 0.259 e. The van der Waals surface area contributed by atoms with Crippen LogP contribution in [0.3, 0.4) is 0 Å². The van der Waals surface area contributed by atoms with E-state index in [9.17, 15) is 9.18 Å². The molecule has 1 saturated heterocycles. The molecule has 2 aromatic heterocycles. The average molecular weight is 399 g/mol. The Hall–Kier alpha value is -2.71. The van der Waals surface area contributed by atoms with Gasteiger partial charge in [-0.15, -0.1) is 11.3 Å². The van der Waals surface area contributed by atoms with Crippen molar-refractivity contribution >= 4 is 23.1 Å². The van der Waals surface area contributed by atoms with Gasteiger partial charge in [-0.05, 0) is 29.8 Å². The minimum absolute atomic E-state index is 0.0604. The third kappa shape index (κ3) is 3.79. The van der Waals surface area contributed by atoms with Crippen LogP contribution in [0.1, 0.15) is 15.2 Å². The molecule has 1 amide bonds. The first-order valence-electron chi connectivity index (χ1n) is 9.15. The van der Waals surface area contributed by atoms with Crippen molar-refractivity contribution in [3.8, 4) is 10.4 Å². The quantitative estimate of drug-likeness (QED) is 0.733. The third-order valence-electron chi connectivity index (χ3n) is 5.02. The summed E-state index contributed by atoms with van der Waals surface area (Å²) in [6, 6.07) is 10.8. The number of carbonyl (C=O) groups is 1. The molecule has 1 aromatic carbocycles. The maximum absolute atomic E-state index is 13.4. The van der Waals surface area contributed by atoms with Crippen molar-refractivity contribution < 1.29 is 9.18 Å². The molecule has 1 fully saturated rings. The Morgan fingerprint density at radius 3 is 2.68 bits per heavy atom. The Morgan fingerprint density at radius 2 is 2.00 bits per heavy atom. The third-order valence-corrected chi connectivity index (χ3v) is 6.14. The molecule has 3 heterocycles. The van der Waals surface area contributed by atoms with Crippen LogP contribution in [0.2, 0.25) is 0 Å². The van der Waals surface area contributed by atoms with Crippen LogP contribution in [0.15, 0.2) is 42.6 Å². The van der Waals surface area contributed by atoms with E-state index in [4.69, 9.17) is 5.73 Å².